The second kappa shape index (κ2) is 8.20. The van der Waals surface area contributed by atoms with Crippen LogP contribution in [0.1, 0.15) is 24.0 Å². The van der Waals surface area contributed by atoms with Crippen LogP contribution in [0.2, 0.25) is 4.34 Å². The third-order valence-electron chi connectivity index (χ3n) is 5.32. The number of carbonyl (C=O) groups excluding carboxylic acids is 1. The van der Waals surface area contributed by atoms with Gasteiger partial charge in [-0.1, -0.05) is 29.0 Å². The van der Waals surface area contributed by atoms with Gasteiger partial charge in [0.2, 0.25) is 0 Å². The molecule has 0 N–H and O–H groups in total. The van der Waals surface area contributed by atoms with E-state index in [1.165, 1.54) is 27.3 Å². The molecule has 0 saturated carbocycles. The minimum Gasteiger partial charge on any atom is -0.319 e. The van der Waals surface area contributed by atoms with Gasteiger partial charge < -0.3 is 4.57 Å². The summed E-state index contributed by atoms with van der Waals surface area (Å²) in [5.41, 5.74) is 3.38. The average Bonchev–Trinajstić information content (AvgIpc) is 3.26. The van der Waals surface area contributed by atoms with Crippen LogP contribution in [0.25, 0.3) is 10.2 Å². The zero-order valence-corrected chi connectivity index (χ0v) is 20.1. The molecule has 0 bridgehead atoms. The van der Waals surface area contributed by atoms with Crippen LogP contribution in [0, 0.1) is 19.8 Å². The molecule has 0 radical (unpaired) electrons. The Balaban J connectivity index is 1.62. The lowest BCUT2D eigenvalue weighted by molar-refractivity contribution is -0.122. The highest BCUT2D eigenvalue weighted by molar-refractivity contribution is 7.91. The molecule has 30 heavy (non-hydrogen) atoms. The summed E-state index contributed by atoms with van der Waals surface area (Å²) in [6.07, 6.45) is 1.26. The molecule has 1 atom stereocenters. The Bertz CT molecular complexity index is 1300. The molecule has 6 nitrogen and oxygen atoms in total. The van der Waals surface area contributed by atoms with Crippen LogP contribution in [-0.4, -0.2) is 36.3 Å². The Kier molecular flexibility index (Phi) is 5.93. The Morgan fingerprint density at radius 1 is 1.23 bits per heavy atom. The number of hydrogen-bond acceptors (Lipinski definition) is 5. The molecule has 4 rings (SSSR count). The monoisotopic (exact) mass is 483 g/mol. The van der Waals surface area contributed by atoms with Crippen LogP contribution < -0.4 is 4.80 Å². The molecule has 1 aromatic carbocycles. The number of halogens is 1. The molecule has 1 fully saturated rings. The van der Waals surface area contributed by atoms with E-state index < -0.39 is 15.9 Å². The molecular weight excluding hydrogens is 462 g/mol. The maximum absolute atomic E-state index is 12.9. The quantitative estimate of drug-likeness (QED) is 0.563. The van der Waals surface area contributed by atoms with E-state index in [0.717, 1.165) is 27.1 Å². The number of rotatable bonds is 3. The number of sulfonamides is 1. The van der Waals surface area contributed by atoms with Crippen LogP contribution in [0.4, 0.5) is 0 Å². The Morgan fingerprint density at radius 3 is 2.70 bits per heavy atom. The zero-order valence-electron chi connectivity index (χ0n) is 16.9. The van der Waals surface area contributed by atoms with Crippen LogP contribution in [0.3, 0.4) is 0 Å². The van der Waals surface area contributed by atoms with Crippen LogP contribution >= 0.6 is 34.3 Å². The highest BCUT2D eigenvalue weighted by atomic mass is 35.5. The molecule has 0 spiro atoms. The lowest BCUT2D eigenvalue weighted by Crippen LogP contribution is -2.42. The standard InChI is InChI=1S/C20H22ClN3O3S3/c1-12-9-13(2)18-15(10-12)28-20(23(18)3)22-19(25)14-5-4-8-24(11-14)30(26,27)17-7-6-16(21)29-17/h6-7,9-10,14H,4-5,8,11H2,1-3H3. The first kappa shape index (κ1) is 21.7. The predicted molar refractivity (Wildman–Crippen MR) is 122 cm³/mol. The van der Waals surface area contributed by atoms with Gasteiger partial charge in [0.05, 0.1) is 20.5 Å². The number of hydrogen-bond donors (Lipinski definition) is 0. The Labute approximate surface area is 188 Å². The van der Waals surface area contributed by atoms with Gasteiger partial charge in [0, 0.05) is 20.1 Å². The topological polar surface area (TPSA) is 71.7 Å². The van der Waals surface area contributed by atoms with E-state index in [4.69, 9.17) is 11.6 Å². The zero-order chi connectivity index (χ0) is 21.6. The Hall–Kier alpha value is -1.52. The minimum atomic E-state index is -3.65. The molecule has 1 aliphatic heterocycles. The van der Waals surface area contributed by atoms with Gasteiger partial charge in [-0.3, -0.25) is 4.79 Å². The number of fused-ring (bicyclic) bond motifs is 1. The van der Waals surface area contributed by atoms with Gasteiger partial charge in [0.1, 0.15) is 4.21 Å². The van der Waals surface area contributed by atoms with Crippen molar-refractivity contribution in [3.63, 3.8) is 0 Å². The van der Waals surface area contributed by atoms with E-state index in [9.17, 15) is 13.2 Å². The van der Waals surface area contributed by atoms with Crippen LogP contribution in [0.15, 0.2) is 33.5 Å². The smallest absolute Gasteiger partial charge is 0.252 e. The number of aromatic nitrogens is 1. The fraction of sp³-hybridized carbons (Fsp3) is 0.400. The van der Waals surface area contributed by atoms with E-state index >= 15 is 0 Å². The summed E-state index contributed by atoms with van der Waals surface area (Å²) in [7, 11) is -1.74. The lowest BCUT2D eigenvalue weighted by Gasteiger charge is -2.29. The first-order valence-electron chi connectivity index (χ1n) is 9.57. The van der Waals surface area contributed by atoms with E-state index in [1.54, 1.807) is 6.07 Å². The molecule has 1 aliphatic rings. The fourth-order valence-corrected chi connectivity index (χ4v) is 8.26. The van der Waals surface area contributed by atoms with E-state index in [2.05, 4.69) is 17.1 Å². The molecule has 10 heteroatoms. The van der Waals surface area contributed by atoms with Crippen LogP contribution in [0.5, 0.6) is 0 Å². The van der Waals surface area contributed by atoms with Gasteiger partial charge in [-0.05, 0) is 56.0 Å². The number of benzene rings is 1. The Morgan fingerprint density at radius 2 is 2.00 bits per heavy atom. The second-order valence-corrected chi connectivity index (χ2v) is 12.5. The summed E-state index contributed by atoms with van der Waals surface area (Å²) < 4.78 is 30.9. The summed E-state index contributed by atoms with van der Waals surface area (Å²) in [6.45, 7) is 4.64. The minimum absolute atomic E-state index is 0.146. The maximum Gasteiger partial charge on any atom is 0.252 e. The van der Waals surface area contributed by atoms with E-state index in [1.807, 2.05) is 25.5 Å². The number of aryl methyl sites for hydroxylation is 3. The van der Waals surface area contributed by atoms with Crippen molar-refractivity contribution in [2.75, 3.05) is 13.1 Å². The van der Waals surface area contributed by atoms with Crippen molar-refractivity contribution in [1.82, 2.24) is 8.87 Å². The number of amides is 1. The number of nitrogens with zero attached hydrogens (tertiary/aromatic N) is 3. The van der Waals surface area contributed by atoms with Crippen molar-refractivity contribution in [2.24, 2.45) is 18.0 Å². The molecule has 3 heterocycles. The van der Waals surface area contributed by atoms with E-state index in [0.29, 0.717) is 28.5 Å². The summed E-state index contributed by atoms with van der Waals surface area (Å²) in [5, 5.41) is 0. The van der Waals surface area contributed by atoms with Crippen molar-refractivity contribution in [1.29, 1.82) is 0 Å². The highest BCUT2D eigenvalue weighted by Crippen LogP contribution is 2.31. The van der Waals surface area contributed by atoms with Crippen molar-refractivity contribution in [3.05, 3.63) is 44.5 Å². The largest absolute Gasteiger partial charge is 0.319 e. The van der Waals surface area contributed by atoms with Crippen molar-refractivity contribution in [3.8, 4) is 0 Å². The lowest BCUT2D eigenvalue weighted by atomic mass is 9.99. The van der Waals surface area contributed by atoms with Crippen molar-refractivity contribution in [2.45, 2.75) is 30.9 Å². The van der Waals surface area contributed by atoms with Gasteiger partial charge in [-0.25, -0.2) is 8.42 Å². The third kappa shape index (κ3) is 4.01. The van der Waals surface area contributed by atoms with Gasteiger partial charge in [-0.2, -0.15) is 9.30 Å². The predicted octanol–water partition coefficient (Wildman–Crippen LogP) is 4.10. The van der Waals surface area contributed by atoms with Gasteiger partial charge >= 0.3 is 0 Å². The SMILES string of the molecule is Cc1cc(C)c2c(c1)sc(=NC(=O)C1CCCN(S(=O)(=O)c3ccc(Cl)s3)C1)n2C. The summed E-state index contributed by atoms with van der Waals surface area (Å²) in [4.78, 5) is 18.0. The number of piperidine rings is 1. The van der Waals surface area contributed by atoms with Gasteiger partial charge in [-0.15, -0.1) is 11.3 Å². The molecule has 0 aliphatic carbocycles. The molecule has 3 aromatic rings. The normalized spacial score (nSPS) is 18.9. The molecular formula is C20H22ClN3O3S3. The maximum atomic E-state index is 12.9. The number of carbonyl (C=O) groups is 1. The summed E-state index contributed by atoms with van der Waals surface area (Å²) >= 11 is 8.42. The molecule has 160 valence electrons. The number of thiazole rings is 1. The first-order chi connectivity index (χ1) is 14.2. The van der Waals surface area contributed by atoms with Crippen LogP contribution in [-0.2, 0) is 21.9 Å². The second-order valence-electron chi connectivity index (χ2n) is 7.58. The molecule has 2 aromatic heterocycles. The molecule has 1 unspecified atom stereocenters. The van der Waals surface area contributed by atoms with Gasteiger partial charge in [0.25, 0.3) is 15.9 Å². The highest BCUT2D eigenvalue weighted by Gasteiger charge is 2.34. The van der Waals surface area contributed by atoms with Gasteiger partial charge in [0.15, 0.2) is 4.80 Å². The number of thiophene rings is 1. The van der Waals surface area contributed by atoms with E-state index in [-0.39, 0.29) is 16.7 Å². The summed E-state index contributed by atoms with van der Waals surface area (Å²) in [5.74, 6) is -0.715. The fourth-order valence-electron chi connectivity index (χ4n) is 3.90. The average molecular weight is 484 g/mol. The van der Waals surface area contributed by atoms with Crippen molar-refractivity contribution >= 4 is 60.4 Å². The molecule has 1 amide bonds. The first-order valence-corrected chi connectivity index (χ1v) is 13.0. The molecule has 1 saturated heterocycles. The third-order valence-corrected chi connectivity index (χ3v) is 9.96. The van der Waals surface area contributed by atoms with Crippen molar-refractivity contribution < 1.29 is 13.2 Å². The summed E-state index contributed by atoms with van der Waals surface area (Å²) in [6, 6.07) is 7.30.